The van der Waals surface area contributed by atoms with Crippen LogP contribution in [0.3, 0.4) is 0 Å². The van der Waals surface area contributed by atoms with Gasteiger partial charge in [0.2, 0.25) is 0 Å². The number of halogens is 1. The minimum absolute atomic E-state index is 0. The first kappa shape index (κ1) is 23.7. The predicted octanol–water partition coefficient (Wildman–Crippen LogP) is 3.29. The van der Waals surface area contributed by atoms with E-state index in [0.717, 1.165) is 44.5 Å². The summed E-state index contributed by atoms with van der Waals surface area (Å²) in [7, 11) is 1.81. The van der Waals surface area contributed by atoms with Crippen LogP contribution in [0.2, 0.25) is 0 Å². The number of guanidine groups is 1. The van der Waals surface area contributed by atoms with Crippen molar-refractivity contribution in [2.45, 2.75) is 12.6 Å². The molecule has 1 atom stereocenters. The van der Waals surface area contributed by atoms with Gasteiger partial charge in [0.05, 0.1) is 24.9 Å². The first-order chi connectivity index (χ1) is 14.8. The topological polar surface area (TPSA) is 66.7 Å². The van der Waals surface area contributed by atoms with Crippen LogP contribution in [0, 0.1) is 0 Å². The molecule has 166 valence electrons. The van der Waals surface area contributed by atoms with Crippen molar-refractivity contribution in [3.8, 4) is 5.69 Å². The van der Waals surface area contributed by atoms with Gasteiger partial charge in [-0.25, -0.2) is 4.68 Å². The van der Waals surface area contributed by atoms with Gasteiger partial charge >= 0.3 is 0 Å². The molecule has 9 heteroatoms. The van der Waals surface area contributed by atoms with Crippen LogP contribution in [0.1, 0.15) is 16.5 Å². The van der Waals surface area contributed by atoms with Crippen molar-refractivity contribution >= 4 is 41.3 Å². The molecule has 3 heterocycles. The number of nitrogens with one attached hydrogen (secondary N) is 2. The Balaban J connectivity index is 0.00000272. The second-order valence-electron chi connectivity index (χ2n) is 7.10. The van der Waals surface area contributed by atoms with Gasteiger partial charge in [0.15, 0.2) is 5.96 Å². The number of thiophene rings is 1. The van der Waals surface area contributed by atoms with Crippen molar-refractivity contribution in [3.05, 3.63) is 70.7 Å². The summed E-state index contributed by atoms with van der Waals surface area (Å²) in [5, 5.41) is 13.3. The Hall–Kier alpha value is -1.95. The monoisotopic (exact) mass is 552 g/mol. The van der Waals surface area contributed by atoms with Crippen molar-refractivity contribution in [1.82, 2.24) is 25.3 Å². The molecule has 1 unspecified atom stereocenters. The maximum Gasteiger partial charge on any atom is 0.191 e. The number of aromatic nitrogens is 2. The van der Waals surface area contributed by atoms with E-state index in [1.807, 2.05) is 24.0 Å². The zero-order valence-corrected chi connectivity index (χ0v) is 20.8. The Kier molecular flexibility index (Phi) is 9.31. The summed E-state index contributed by atoms with van der Waals surface area (Å²) in [5.41, 5.74) is 2.24. The molecule has 0 spiro atoms. The third kappa shape index (κ3) is 6.52. The van der Waals surface area contributed by atoms with E-state index >= 15 is 0 Å². The minimum Gasteiger partial charge on any atom is -0.379 e. The molecule has 1 aliphatic heterocycles. The summed E-state index contributed by atoms with van der Waals surface area (Å²) >= 11 is 1.80. The predicted molar refractivity (Wildman–Crippen MR) is 137 cm³/mol. The smallest absolute Gasteiger partial charge is 0.191 e. The van der Waals surface area contributed by atoms with Crippen LogP contribution in [-0.2, 0) is 11.3 Å². The first-order valence-electron chi connectivity index (χ1n) is 10.2. The van der Waals surface area contributed by atoms with Crippen LogP contribution >= 0.6 is 35.3 Å². The molecular formula is C22H29IN6OS. The number of rotatable bonds is 7. The van der Waals surface area contributed by atoms with Gasteiger partial charge in [0, 0.05) is 50.5 Å². The van der Waals surface area contributed by atoms with Crippen molar-refractivity contribution < 1.29 is 4.74 Å². The van der Waals surface area contributed by atoms with Crippen molar-refractivity contribution in [2.24, 2.45) is 4.99 Å². The number of aliphatic imine (C=N–C) groups is 1. The highest BCUT2D eigenvalue weighted by Crippen LogP contribution is 2.25. The highest BCUT2D eigenvalue weighted by Gasteiger charge is 2.23. The van der Waals surface area contributed by atoms with E-state index in [4.69, 9.17) is 4.74 Å². The number of morpholine rings is 1. The average Bonchev–Trinajstić information content (AvgIpc) is 3.52. The SMILES string of the molecule is CN=C(NCc1ccc(-n2cccn2)cc1)NCC(c1cccs1)N1CCOCC1.I. The first-order valence-corrected chi connectivity index (χ1v) is 11.1. The Bertz CT molecular complexity index is 908. The summed E-state index contributed by atoms with van der Waals surface area (Å²) in [5.74, 6) is 0.806. The van der Waals surface area contributed by atoms with Crippen LogP contribution in [0.15, 0.2) is 65.2 Å². The Labute approximate surface area is 204 Å². The fourth-order valence-corrected chi connectivity index (χ4v) is 4.43. The lowest BCUT2D eigenvalue weighted by atomic mass is 10.2. The van der Waals surface area contributed by atoms with E-state index in [1.165, 1.54) is 10.4 Å². The third-order valence-electron chi connectivity index (χ3n) is 5.21. The van der Waals surface area contributed by atoms with Gasteiger partial charge in [0.25, 0.3) is 0 Å². The second-order valence-corrected chi connectivity index (χ2v) is 8.08. The molecule has 0 radical (unpaired) electrons. The summed E-state index contributed by atoms with van der Waals surface area (Å²) in [4.78, 5) is 8.26. The number of ether oxygens (including phenoxy) is 1. The summed E-state index contributed by atoms with van der Waals surface area (Å²) in [6.07, 6.45) is 3.73. The highest BCUT2D eigenvalue weighted by molar-refractivity contribution is 14.0. The van der Waals surface area contributed by atoms with Gasteiger partial charge in [-0.3, -0.25) is 9.89 Å². The number of hydrogen-bond donors (Lipinski definition) is 2. The molecule has 0 bridgehead atoms. The van der Waals surface area contributed by atoms with Gasteiger partial charge in [-0.1, -0.05) is 18.2 Å². The molecule has 1 saturated heterocycles. The zero-order chi connectivity index (χ0) is 20.6. The standard InChI is InChI=1S/C22H28N6OS.HI/c1-23-22(24-16-18-5-7-19(8-6-18)28-10-3-9-26-28)25-17-20(21-4-2-15-30-21)27-11-13-29-14-12-27;/h2-10,15,20H,11-14,16-17H2,1H3,(H2,23,24,25);1H. The molecule has 0 saturated carbocycles. The van der Waals surface area contributed by atoms with Crippen molar-refractivity contribution in [3.63, 3.8) is 0 Å². The summed E-state index contributed by atoms with van der Waals surface area (Å²) in [6, 6.07) is 14.9. The Morgan fingerprint density at radius 3 is 2.61 bits per heavy atom. The second kappa shape index (κ2) is 12.2. The van der Waals surface area contributed by atoms with Gasteiger partial charge < -0.3 is 15.4 Å². The zero-order valence-electron chi connectivity index (χ0n) is 17.6. The van der Waals surface area contributed by atoms with Gasteiger partial charge in [-0.2, -0.15) is 5.10 Å². The number of hydrogen-bond acceptors (Lipinski definition) is 5. The van der Waals surface area contributed by atoms with Crippen LogP contribution in [0.4, 0.5) is 0 Å². The lowest BCUT2D eigenvalue weighted by molar-refractivity contribution is 0.0177. The molecule has 4 rings (SSSR count). The van der Waals surface area contributed by atoms with Crippen LogP contribution < -0.4 is 10.6 Å². The minimum atomic E-state index is 0. The van der Waals surface area contributed by atoms with E-state index in [-0.39, 0.29) is 24.0 Å². The maximum atomic E-state index is 5.53. The van der Waals surface area contributed by atoms with Crippen molar-refractivity contribution in [2.75, 3.05) is 39.9 Å². The molecular weight excluding hydrogens is 523 g/mol. The normalized spacial score (nSPS) is 15.8. The van der Waals surface area contributed by atoms with E-state index in [9.17, 15) is 0 Å². The molecule has 1 aliphatic rings. The Morgan fingerprint density at radius 1 is 1.16 bits per heavy atom. The molecule has 0 amide bonds. The molecule has 31 heavy (non-hydrogen) atoms. The molecule has 0 aliphatic carbocycles. The summed E-state index contributed by atoms with van der Waals surface area (Å²) in [6.45, 7) is 5.02. The van der Waals surface area contributed by atoms with Gasteiger partial charge in [-0.15, -0.1) is 35.3 Å². The largest absolute Gasteiger partial charge is 0.379 e. The van der Waals surface area contributed by atoms with Crippen LogP contribution in [0.5, 0.6) is 0 Å². The van der Waals surface area contributed by atoms with E-state index in [1.54, 1.807) is 17.5 Å². The fourth-order valence-electron chi connectivity index (χ4n) is 3.57. The average molecular weight is 552 g/mol. The molecule has 2 N–H and O–H groups in total. The van der Waals surface area contributed by atoms with E-state index < -0.39 is 0 Å². The lowest BCUT2D eigenvalue weighted by Gasteiger charge is -2.34. The highest BCUT2D eigenvalue weighted by atomic mass is 127. The van der Waals surface area contributed by atoms with E-state index in [2.05, 4.69) is 67.4 Å². The van der Waals surface area contributed by atoms with Gasteiger partial charge in [0.1, 0.15) is 0 Å². The fraction of sp³-hybridized carbons (Fsp3) is 0.364. The summed E-state index contributed by atoms with van der Waals surface area (Å²) < 4.78 is 7.39. The third-order valence-corrected chi connectivity index (χ3v) is 6.18. The van der Waals surface area contributed by atoms with Gasteiger partial charge in [-0.05, 0) is 35.2 Å². The molecule has 2 aromatic heterocycles. The Morgan fingerprint density at radius 2 is 1.97 bits per heavy atom. The lowest BCUT2D eigenvalue weighted by Crippen LogP contribution is -2.46. The van der Waals surface area contributed by atoms with Crippen LogP contribution in [-0.4, -0.2) is 60.5 Å². The van der Waals surface area contributed by atoms with E-state index in [0.29, 0.717) is 12.6 Å². The number of nitrogens with zero attached hydrogens (tertiary/aromatic N) is 4. The molecule has 1 aromatic carbocycles. The maximum absolute atomic E-state index is 5.53. The number of benzene rings is 1. The molecule has 1 fully saturated rings. The molecule has 3 aromatic rings. The molecule has 7 nitrogen and oxygen atoms in total. The van der Waals surface area contributed by atoms with Crippen molar-refractivity contribution in [1.29, 1.82) is 0 Å². The quantitative estimate of drug-likeness (QED) is 0.268. The van der Waals surface area contributed by atoms with Crippen LogP contribution in [0.25, 0.3) is 5.69 Å².